The van der Waals surface area contributed by atoms with E-state index in [4.69, 9.17) is 9.84 Å². The van der Waals surface area contributed by atoms with Crippen LogP contribution < -0.4 is 10.1 Å². The molecule has 1 heterocycles. The minimum atomic E-state index is -0.0541. The van der Waals surface area contributed by atoms with E-state index in [9.17, 15) is 0 Å². The van der Waals surface area contributed by atoms with E-state index in [1.54, 1.807) is 0 Å². The first-order valence-corrected chi connectivity index (χ1v) is 7.64. The van der Waals surface area contributed by atoms with Gasteiger partial charge in [-0.2, -0.15) is 0 Å². The summed E-state index contributed by atoms with van der Waals surface area (Å²) >= 11 is 3.43. The van der Waals surface area contributed by atoms with Crippen LogP contribution in [0, 0.1) is 0 Å². The zero-order valence-corrected chi connectivity index (χ0v) is 13.4. The number of aromatic nitrogens is 2. The second-order valence-electron chi connectivity index (χ2n) is 4.41. The molecule has 0 atom stereocenters. The predicted molar refractivity (Wildman–Crippen MR) is 86.5 cm³/mol. The Labute approximate surface area is 132 Å². The monoisotopic (exact) mass is 351 g/mol. The molecule has 21 heavy (non-hydrogen) atoms. The number of anilines is 1. The molecule has 0 amide bonds. The van der Waals surface area contributed by atoms with Crippen molar-refractivity contribution in [2.45, 2.75) is 13.3 Å². The third-order valence-corrected chi connectivity index (χ3v) is 3.35. The molecule has 0 aliphatic carbocycles. The SMILES string of the molecule is CCCNc1ncnc(OCCO)c1-c1ccc(Br)cc1. The van der Waals surface area contributed by atoms with Gasteiger partial charge in [0.2, 0.25) is 5.88 Å². The van der Waals surface area contributed by atoms with Crippen LogP contribution in [-0.4, -0.2) is 34.8 Å². The van der Waals surface area contributed by atoms with E-state index in [0.29, 0.717) is 5.88 Å². The fraction of sp³-hybridized carbons (Fsp3) is 0.333. The highest BCUT2D eigenvalue weighted by molar-refractivity contribution is 9.10. The zero-order valence-electron chi connectivity index (χ0n) is 11.8. The molecule has 0 spiro atoms. The summed E-state index contributed by atoms with van der Waals surface area (Å²) in [6, 6.07) is 7.88. The standard InChI is InChI=1S/C15H18BrN3O2/c1-2-7-17-14-13(11-3-5-12(16)6-4-11)15(19-10-18-14)21-9-8-20/h3-6,10,20H,2,7-9H2,1H3,(H,17,18,19). The Morgan fingerprint density at radius 2 is 2.00 bits per heavy atom. The Morgan fingerprint density at radius 1 is 1.24 bits per heavy atom. The lowest BCUT2D eigenvalue weighted by atomic mass is 10.1. The van der Waals surface area contributed by atoms with Crippen molar-refractivity contribution >= 4 is 21.7 Å². The van der Waals surface area contributed by atoms with E-state index in [0.717, 1.165) is 34.4 Å². The first-order chi connectivity index (χ1) is 10.3. The summed E-state index contributed by atoms with van der Waals surface area (Å²) in [5, 5.41) is 12.2. The number of ether oxygens (including phenoxy) is 1. The van der Waals surface area contributed by atoms with E-state index in [1.807, 2.05) is 24.3 Å². The topological polar surface area (TPSA) is 67.3 Å². The summed E-state index contributed by atoms with van der Waals surface area (Å²) in [6.07, 6.45) is 2.46. The molecule has 0 fully saturated rings. The zero-order chi connectivity index (χ0) is 15.1. The van der Waals surface area contributed by atoms with Crippen LogP contribution in [0.25, 0.3) is 11.1 Å². The van der Waals surface area contributed by atoms with Gasteiger partial charge in [0.25, 0.3) is 0 Å². The maximum absolute atomic E-state index is 8.95. The van der Waals surface area contributed by atoms with Gasteiger partial charge in [-0.3, -0.25) is 0 Å². The van der Waals surface area contributed by atoms with Crippen molar-refractivity contribution in [2.75, 3.05) is 25.1 Å². The van der Waals surface area contributed by atoms with Crippen molar-refractivity contribution in [1.29, 1.82) is 0 Å². The van der Waals surface area contributed by atoms with Crippen molar-refractivity contribution in [3.8, 4) is 17.0 Å². The Balaban J connectivity index is 2.43. The average molecular weight is 352 g/mol. The lowest BCUT2D eigenvalue weighted by Crippen LogP contribution is -2.09. The number of hydrogen-bond donors (Lipinski definition) is 2. The Hall–Kier alpha value is -1.66. The minimum absolute atomic E-state index is 0.0541. The van der Waals surface area contributed by atoms with Crippen molar-refractivity contribution in [1.82, 2.24) is 9.97 Å². The molecule has 6 heteroatoms. The van der Waals surface area contributed by atoms with Gasteiger partial charge in [-0.15, -0.1) is 0 Å². The maximum atomic E-state index is 8.95. The molecule has 0 radical (unpaired) electrons. The van der Waals surface area contributed by atoms with Crippen LogP contribution in [0.5, 0.6) is 5.88 Å². The summed E-state index contributed by atoms with van der Waals surface area (Å²) in [5.41, 5.74) is 1.78. The number of benzene rings is 1. The van der Waals surface area contributed by atoms with Gasteiger partial charge in [-0.25, -0.2) is 9.97 Å². The van der Waals surface area contributed by atoms with E-state index in [1.165, 1.54) is 6.33 Å². The molecule has 1 aromatic carbocycles. The van der Waals surface area contributed by atoms with E-state index in [2.05, 4.69) is 38.1 Å². The second-order valence-corrected chi connectivity index (χ2v) is 5.32. The molecule has 0 saturated carbocycles. The number of hydrogen-bond acceptors (Lipinski definition) is 5. The molecular formula is C15H18BrN3O2. The van der Waals surface area contributed by atoms with E-state index >= 15 is 0 Å². The average Bonchev–Trinajstić information content (AvgIpc) is 2.52. The summed E-state index contributed by atoms with van der Waals surface area (Å²) in [4.78, 5) is 8.49. The van der Waals surface area contributed by atoms with Crippen LogP contribution >= 0.6 is 15.9 Å². The first-order valence-electron chi connectivity index (χ1n) is 6.84. The number of halogens is 1. The summed E-state index contributed by atoms with van der Waals surface area (Å²) in [7, 11) is 0. The number of rotatable bonds is 7. The number of aliphatic hydroxyl groups is 1. The Kier molecular flexibility index (Phi) is 5.95. The van der Waals surface area contributed by atoms with Gasteiger partial charge in [0.1, 0.15) is 18.8 Å². The molecule has 2 aromatic rings. The molecule has 1 aromatic heterocycles. The lowest BCUT2D eigenvalue weighted by molar-refractivity contribution is 0.197. The lowest BCUT2D eigenvalue weighted by Gasteiger charge is -2.14. The van der Waals surface area contributed by atoms with Crippen LogP contribution in [0.4, 0.5) is 5.82 Å². The van der Waals surface area contributed by atoms with Crippen LogP contribution in [0.15, 0.2) is 35.1 Å². The molecule has 2 rings (SSSR count). The molecular weight excluding hydrogens is 334 g/mol. The predicted octanol–water partition coefficient (Wildman–Crippen LogP) is 3.10. The molecule has 0 unspecified atom stereocenters. The summed E-state index contributed by atoms with van der Waals surface area (Å²) in [6.45, 7) is 3.06. The number of nitrogens with zero attached hydrogens (tertiary/aromatic N) is 2. The normalized spacial score (nSPS) is 10.4. The van der Waals surface area contributed by atoms with Crippen LogP contribution in [-0.2, 0) is 0 Å². The van der Waals surface area contributed by atoms with Gasteiger partial charge in [0.15, 0.2) is 0 Å². The molecule has 0 saturated heterocycles. The second kappa shape index (κ2) is 7.95. The Morgan fingerprint density at radius 3 is 2.67 bits per heavy atom. The van der Waals surface area contributed by atoms with Gasteiger partial charge in [-0.05, 0) is 24.1 Å². The largest absolute Gasteiger partial charge is 0.475 e. The van der Waals surface area contributed by atoms with Crippen LogP contribution in [0.1, 0.15) is 13.3 Å². The van der Waals surface area contributed by atoms with E-state index in [-0.39, 0.29) is 13.2 Å². The van der Waals surface area contributed by atoms with Crippen LogP contribution in [0.2, 0.25) is 0 Å². The highest BCUT2D eigenvalue weighted by Crippen LogP contribution is 2.34. The highest BCUT2D eigenvalue weighted by atomic mass is 79.9. The van der Waals surface area contributed by atoms with Crippen molar-refractivity contribution in [3.05, 3.63) is 35.1 Å². The Bertz CT molecular complexity index is 549. The van der Waals surface area contributed by atoms with Gasteiger partial charge in [0.05, 0.1) is 12.2 Å². The fourth-order valence-corrected chi connectivity index (χ4v) is 2.14. The summed E-state index contributed by atoms with van der Waals surface area (Å²) in [5.74, 6) is 1.21. The molecule has 0 bridgehead atoms. The van der Waals surface area contributed by atoms with Crippen molar-refractivity contribution in [2.24, 2.45) is 0 Å². The molecule has 0 aliphatic heterocycles. The van der Waals surface area contributed by atoms with Gasteiger partial charge >= 0.3 is 0 Å². The molecule has 5 nitrogen and oxygen atoms in total. The third-order valence-electron chi connectivity index (χ3n) is 2.82. The van der Waals surface area contributed by atoms with Crippen molar-refractivity contribution < 1.29 is 9.84 Å². The molecule has 112 valence electrons. The van der Waals surface area contributed by atoms with Crippen LogP contribution in [0.3, 0.4) is 0 Å². The summed E-state index contributed by atoms with van der Waals surface area (Å²) < 4.78 is 6.54. The fourth-order valence-electron chi connectivity index (χ4n) is 1.88. The van der Waals surface area contributed by atoms with Gasteiger partial charge in [0, 0.05) is 11.0 Å². The molecule has 2 N–H and O–H groups in total. The number of aliphatic hydroxyl groups excluding tert-OH is 1. The van der Waals surface area contributed by atoms with Crippen molar-refractivity contribution in [3.63, 3.8) is 0 Å². The first kappa shape index (κ1) is 15.7. The smallest absolute Gasteiger partial charge is 0.226 e. The van der Waals surface area contributed by atoms with E-state index < -0.39 is 0 Å². The minimum Gasteiger partial charge on any atom is -0.475 e. The third kappa shape index (κ3) is 4.15. The molecule has 0 aliphatic rings. The maximum Gasteiger partial charge on any atom is 0.226 e. The van der Waals surface area contributed by atoms with Gasteiger partial charge in [-0.1, -0.05) is 35.0 Å². The highest BCUT2D eigenvalue weighted by Gasteiger charge is 2.14. The quantitative estimate of drug-likeness (QED) is 0.802. The van der Waals surface area contributed by atoms with Gasteiger partial charge < -0.3 is 15.2 Å². The number of nitrogens with one attached hydrogen (secondary N) is 1.